The van der Waals surface area contributed by atoms with E-state index in [4.69, 9.17) is 9.47 Å². The number of ether oxygens (including phenoxy) is 2. The molecule has 1 amide bonds. The van der Waals surface area contributed by atoms with Crippen molar-refractivity contribution >= 4 is 12.0 Å². The van der Waals surface area contributed by atoms with Gasteiger partial charge in [0.05, 0.1) is 13.7 Å². The van der Waals surface area contributed by atoms with E-state index in [2.05, 4.69) is 5.32 Å². The van der Waals surface area contributed by atoms with Crippen molar-refractivity contribution in [3.05, 3.63) is 65.7 Å². The molecule has 0 atom stereocenters. The quantitative estimate of drug-likeness (QED) is 0.631. The van der Waals surface area contributed by atoms with Gasteiger partial charge in [-0.15, -0.1) is 0 Å². The zero-order chi connectivity index (χ0) is 16.5. The van der Waals surface area contributed by atoms with Gasteiger partial charge in [0, 0.05) is 6.08 Å². The van der Waals surface area contributed by atoms with Crippen LogP contribution in [-0.4, -0.2) is 26.2 Å². The number of amides is 1. The first-order valence-electron chi connectivity index (χ1n) is 7.47. The number of hydrogen-bond donors (Lipinski definition) is 1. The number of aryl methyl sites for hydroxylation is 1. The summed E-state index contributed by atoms with van der Waals surface area (Å²) in [5, 5.41) is 2.78. The normalized spacial score (nSPS) is 10.5. The van der Waals surface area contributed by atoms with Gasteiger partial charge in [-0.3, -0.25) is 4.79 Å². The van der Waals surface area contributed by atoms with E-state index in [0.717, 1.165) is 17.1 Å². The zero-order valence-corrected chi connectivity index (χ0v) is 13.4. The van der Waals surface area contributed by atoms with E-state index in [1.807, 2.05) is 55.5 Å². The lowest BCUT2D eigenvalue weighted by atomic mass is 10.2. The molecule has 120 valence electrons. The molecule has 2 rings (SSSR count). The number of nitrogens with one attached hydrogen (secondary N) is 1. The average Bonchev–Trinajstić information content (AvgIpc) is 2.58. The Kier molecular flexibility index (Phi) is 6.24. The topological polar surface area (TPSA) is 47.6 Å². The lowest BCUT2D eigenvalue weighted by Crippen LogP contribution is -2.26. The van der Waals surface area contributed by atoms with Crippen LogP contribution < -0.4 is 14.8 Å². The van der Waals surface area contributed by atoms with Gasteiger partial charge in [0.15, 0.2) is 0 Å². The number of carbonyl (C=O) groups excluding carboxylic acids is 1. The molecule has 4 nitrogen and oxygen atoms in total. The summed E-state index contributed by atoms with van der Waals surface area (Å²) in [7, 11) is 1.61. The van der Waals surface area contributed by atoms with Crippen LogP contribution in [0.2, 0.25) is 0 Å². The summed E-state index contributed by atoms with van der Waals surface area (Å²) < 4.78 is 10.7. The molecule has 4 heteroatoms. The second-order valence-corrected chi connectivity index (χ2v) is 5.06. The fourth-order valence-corrected chi connectivity index (χ4v) is 1.95. The molecule has 0 radical (unpaired) electrons. The standard InChI is InChI=1S/C19H21NO3/c1-15-6-9-17(10-7-15)23-13-12-20-19(21)11-8-16-4-3-5-18(14-16)22-2/h3-11,14H,12-13H2,1-2H3,(H,20,21). The molecule has 0 unspecified atom stereocenters. The zero-order valence-electron chi connectivity index (χ0n) is 13.4. The summed E-state index contributed by atoms with van der Waals surface area (Å²) in [5.41, 5.74) is 2.10. The van der Waals surface area contributed by atoms with Gasteiger partial charge in [-0.25, -0.2) is 0 Å². The monoisotopic (exact) mass is 311 g/mol. The third kappa shape index (κ3) is 5.87. The molecule has 2 aromatic carbocycles. The first-order valence-corrected chi connectivity index (χ1v) is 7.47. The van der Waals surface area contributed by atoms with E-state index >= 15 is 0 Å². The smallest absolute Gasteiger partial charge is 0.244 e. The lowest BCUT2D eigenvalue weighted by molar-refractivity contribution is -0.116. The van der Waals surface area contributed by atoms with Crippen LogP contribution in [0.1, 0.15) is 11.1 Å². The Morgan fingerprint density at radius 1 is 1.13 bits per heavy atom. The Labute approximate surface area is 136 Å². The maximum atomic E-state index is 11.7. The summed E-state index contributed by atoms with van der Waals surface area (Å²) in [5.74, 6) is 1.41. The lowest BCUT2D eigenvalue weighted by Gasteiger charge is -2.06. The third-order valence-corrected chi connectivity index (χ3v) is 3.21. The first-order chi connectivity index (χ1) is 11.2. The molecule has 0 bridgehead atoms. The van der Waals surface area contributed by atoms with E-state index in [1.54, 1.807) is 13.2 Å². The minimum atomic E-state index is -0.152. The Balaban J connectivity index is 1.72. The highest BCUT2D eigenvalue weighted by molar-refractivity contribution is 5.91. The van der Waals surface area contributed by atoms with Gasteiger partial charge in [-0.1, -0.05) is 29.8 Å². The molecule has 0 aliphatic rings. The van der Waals surface area contributed by atoms with Gasteiger partial charge in [0.1, 0.15) is 18.1 Å². The third-order valence-electron chi connectivity index (χ3n) is 3.21. The summed E-state index contributed by atoms with van der Waals surface area (Å²) >= 11 is 0. The fourth-order valence-electron chi connectivity index (χ4n) is 1.95. The molecule has 0 saturated heterocycles. The van der Waals surface area contributed by atoms with Crippen molar-refractivity contribution in [3.8, 4) is 11.5 Å². The minimum Gasteiger partial charge on any atom is -0.497 e. The molecule has 0 aliphatic heterocycles. The van der Waals surface area contributed by atoms with Crippen molar-refractivity contribution < 1.29 is 14.3 Å². The highest BCUT2D eigenvalue weighted by Gasteiger charge is 1.97. The summed E-state index contributed by atoms with van der Waals surface area (Å²) in [4.78, 5) is 11.7. The molecule has 23 heavy (non-hydrogen) atoms. The van der Waals surface area contributed by atoms with E-state index in [-0.39, 0.29) is 5.91 Å². The van der Waals surface area contributed by atoms with Crippen molar-refractivity contribution in [1.82, 2.24) is 5.32 Å². The number of hydrogen-bond acceptors (Lipinski definition) is 3. The molecule has 0 saturated carbocycles. The van der Waals surface area contributed by atoms with Crippen LogP contribution in [-0.2, 0) is 4.79 Å². The first kappa shape index (κ1) is 16.6. The summed E-state index contributed by atoms with van der Waals surface area (Å²) in [6, 6.07) is 15.3. The van der Waals surface area contributed by atoms with E-state index in [1.165, 1.54) is 11.6 Å². The van der Waals surface area contributed by atoms with Crippen LogP contribution in [0.25, 0.3) is 6.08 Å². The fraction of sp³-hybridized carbons (Fsp3) is 0.211. The highest BCUT2D eigenvalue weighted by Crippen LogP contribution is 2.13. The summed E-state index contributed by atoms with van der Waals surface area (Å²) in [6.07, 6.45) is 3.25. The van der Waals surface area contributed by atoms with Crippen molar-refractivity contribution in [3.63, 3.8) is 0 Å². The van der Waals surface area contributed by atoms with E-state index in [9.17, 15) is 4.79 Å². The van der Waals surface area contributed by atoms with Crippen molar-refractivity contribution in [2.45, 2.75) is 6.92 Å². The van der Waals surface area contributed by atoms with Crippen molar-refractivity contribution in [2.75, 3.05) is 20.3 Å². The predicted octanol–water partition coefficient (Wildman–Crippen LogP) is 3.21. The molecule has 1 N–H and O–H groups in total. The molecular formula is C19H21NO3. The van der Waals surface area contributed by atoms with Crippen molar-refractivity contribution in [2.24, 2.45) is 0 Å². The van der Waals surface area contributed by atoms with E-state index < -0.39 is 0 Å². The number of rotatable bonds is 7. The van der Waals surface area contributed by atoms with Crippen LogP contribution in [0.4, 0.5) is 0 Å². The van der Waals surface area contributed by atoms with Gasteiger partial charge in [-0.2, -0.15) is 0 Å². The molecule has 2 aromatic rings. The van der Waals surface area contributed by atoms with Crippen LogP contribution >= 0.6 is 0 Å². The maximum Gasteiger partial charge on any atom is 0.244 e. The second kappa shape index (κ2) is 8.63. The van der Waals surface area contributed by atoms with Crippen molar-refractivity contribution in [1.29, 1.82) is 0 Å². The van der Waals surface area contributed by atoms with Crippen LogP contribution in [0.5, 0.6) is 11.5 Å². The Hall–Kier alpha value is -2.75. The number of benzene rings is 2. The van der Waals surface area contributed by atoms with Gasteiger partial charge in [-0.05, 0) is 42.8 Å². The Morgan fingerprint density at radius 2 is 1.91 bits per heavy atom. The summed E-state index contributed by atoms with van der Waals surface area (Å²) in [6.45, 7) is 2.91. The molecular weight excluding hydrogens is 290 g/mol. The maximum absolute atomic E-state index is 11.7. The molecule has 0 spiro atoms. The minimum absolute atomic E-state index is 0.152. The number of carbonyl (C=O) groups is 1. The highest BCUT2D eigenvalue weighted by atomic mass is 16.5. The largest absolute Gasteiger partial charge is 0.497 e. The Bertz CT molecular complexity index is 663. The van der Waals surface area contributed by atoms with Crippen LogP contribution in [0.3, 0.4) is 0 Å². The predicted molar refractivity (Wildman–Crippen MR) is 91.7 cm³/mol. The number of methoxy groups -OCH3 is 1. The van der Waals surface area contributed by atoms with Gasteiger partial charge < -0.3 is 14.8 Å². The molecule has 0 aliphatic carbocycles. The van der Waals surface area contributed by atoms with Gasteiger partial charge >= 0.3 is 0 Å². The molecule has 0 fully saturated rings. The Morgan fingerprint density at radius 3 is 2.65 bits per heavy atom. The van der Waals surface area contributed by atoms with Crippen LogP contribution in [0.15, 0.2) is 54.6 Å². The van der Waals surface area contributed by atoms with Crippen LogP contribution in [0, 0.1) is 6.92 Å². The molecule has 0 aromatic heterocycles. The average molecular weight is 311 g/mol. The van der Waals surface area contributed by atoms with Gasteiger partial charge in [0.2, 0.25) is 5.91 Å². The second-order valence-electron chi connectivity index (χ2n) is 5.06. The molecule has 0 heterocycles. The van der Waals surface area contributed by atoms with Gasteiger partial charge in [0.25, 0.3) is 0 Å². The van der Waals surface area contributed by atoms with E-state index in [0.29, 0.717) is 13.2 Å². The SMILES string of the molecule is COc1cccc(C=CC(=O)NCCOc2ccc(C)cc2)c1.